The summed E-state index contributed by atoms with van der Waals surface area (Å²) in [5, 5.41) is 2.70. The summed E-state index contributed by atoms with van der Waals surface area (Å²) in [4.78, 5) is 20.7. The number of anilines is 2. The summed E-state index contributed by atoms with van der Waals surface area (Å²) < 4.78 is 38.8. The van der Waals surface area contributed by atoms with Crippen LogP contribution in [0.15, 0.2) is 59.5 Å². The van der Waals surface area contributed by atoms with Gasteiger partial charge in [0, 0.05) is 17.1 Å². The van der Waals surface area contributed by atoms with E-state index in [9.17, 15) is 13.2 Å². The Balaban J connectivity index is 1.42. The molecule has 1 aromatic heterocycles. The van der Waals surface area contributed by atoms with Crippen LogP contribution in [0.4, 0.5) is 11.6 Å². The molecule has 0 aliphatic carbocycles. The van der Waals surface area contributed by atoms with Gasteiger partial charge in [-0.1, -0.05) is 12.1 Å². The first-order valence-corrected chi connectivity index (χ1v) is 10.9. The van der Waals surface area contributed by atoms with Gasteiger partial charge in [0.1, 0.15) is 6.61 Å². The van der Waals surface area contributed by atoms with Crippen molar-refractivity contribution in [2.45, 2.75) is 24.8 Å². The van der Waals surface area contributed by atoms with Crippen LogP contribution < -0.4 is 19.5 Å². The lowest BCUT2D eigenvalue weighted by Crippen LogP contribution is -2.40. The number of carbonyl (C=O) groups is 1. The van der Waals surface area contributed by atoms with E-state index < -0.39 is 22.0 Å². The van der Waals surface area contributed by atoms with E-state index >= 15 is 0 Å². The monoisotopic (exact) mass is 440 g/mol. The number of hydrogen-bond donors (Lipinski definition) is 2. The van der Waals surface area contributed by atoms with Gasteiger partial charge in [0.25, 0.3) is 15.9 Å². The molecule has 31 heavy (non-hydrogen) atoms. The summed E-state index contributed by atoms with van der Waals surface area (Å²) in [5.74, 6) is 0.688. The molecule has 2 N–H and O–H groups in total. The minimum absolute atomic E-state index is 0.00427. The molecular weight excluding hydrogens is 420 g/mol. The van der Waals surface area contributed by atoms with Crippen LogP contribution in [0.1, 0.15) is 11.4 Å². The Kier molecular flexibility index (Phi) is 5.47. The molecule has 1 aliphatic heterocycles. The third-order valence-electron chi connectivity index (χ3n) is 4.44. The summed E-state index contributed by atoms with van der Waals surface area (Å²) in [5.41, 5.74) is 1.73. The van der Waals surface area contributed by atoms with Crippen LogP contribution in [0.5, 0.6) is 11.5 Å². The molecule has 160 valence electrons. The molecule has 0 unspecified atom stereocenters. The lowest BCUT2D eigenvalue weighted by Gasteiger charge is -2.25. The summed E-state index contributed by atoms with van der Waals surface area (Å²) in [7, 11) is -3.88. The highest BCUT2D eigenvalue weighted by atomic mass is 32.2. The van der Waals surface area contributed by atoms with Gasteiger partial charge in [-0.25, -0.2) is 23.1 Å². The lowest BCUT2D eigenvalue weighted by atomic mass is 10.2. The van der Waals surface area contributed by atoms with Gasteiger partial charge >= 0.3 is 0 Å². The van der Waals surface area contributed by atoms with Crippen molar-refractivity contribution in [3.05, 3.63) is 66.0 Å². The van der Waals surface area contributed by atoms with Crippen molar-refractivity contribution in [1.29, 1.82) is 0 Å². The molecule has 1 amide bonds. The fraction of sp³-hybridized carbons (Fsp3) is 0.190. The Morgan fingerprint density at radius 3 is 2.32 bits per heavy atom. The molecule has 0 saturated heterocycles. The second-order valence-electron chi connectivity index (χ2n) is 6.96. The van der Waals surface area contributed by atoms with Crippen LogP contribution in [-0.2, 0) is 14.8 Å². The number of sulfonamides is 1. The quantitative estimate of drug-likeness (QED) is 0.626. The predicted molar refractivity (Wildman–Crippen MR) is 114 cm³/mol. The Morgan fingerprint density at radius 2 is 1.65 bits per heavy atom. The van der Waals surface area contributed by atoms with Crippen molar-refractivity contribution in [2.75, 3.05) is 16.6 Å². The van der Waals surface area contributed by atoms with Crippen LogP contribution >= 0.6 is 0 Å². The first kappa shape index (κ1) is 20.6. The van der Waals surface area contributed by atoms with Crippen LogP contribution in [0.2, 0.25) is 0 Å². The van der Waals surface area contributed by atoms with Gasteiger partial charge in [-0.15, -0.1) is 0 Å². The number of amides is 1. The van der Waals surface area contributed by atoms with E-state index in [2.05, 4.69) is 20.0 Å². The van der Waals surface area contributed by atoms with Crippen LogP contribution in [0, 0.1) is 13.8 Å². The van der Waals surface area contributed by atoms with Crippen LogP contribution in [-0.4, -0.2) is 37.0 Å². The third-order valence-corrected chi connectivity index (χ3v) is 5.79. The van der Waals surface area contributed by atoms with Crippen LogP contribution in [0.3, 0.4) is 0 Å². The Hall–Kier alpha value is -3.66. The van der Waals surface area contributed by atoms with Gasteiger partial charge in [0.15, 0.2) is 11.5 Å². The normalized spacial score (nSPS) is 15.2. The second kappa shape index (κ2) is 8.23. The maximum absolute atomic E-state index is 12.6. The fourth-order valence-corrected chi connectivity index (χ4v) is 3.98. The minimum Gasteiger partial charge on any atom is -0.485 e. The van der Waals surface area contributed by atoms with E-state index in [0.717, 1.165) is 0 Å². The Labute approximate surface area is 179 Å². The molecule has 2 aromatic carbocycles. The maximum atomic E-state index is 12.6. The molecule has 0 bridgehead atoms. The van der Waals surface area contributed by atoms with Crippen molar-refractivity contribution in [2.24, 2.45) is 0 Å². The van der Waals surface area contributed by atoms with E-state index in [4.69, 9.17) is 9.47 Å². The van der Waals surface area contributed by atoms with Gasteiger partial charge in [0.2, 0.25) is 12.1 Å². The smallest absolute Gasteiger partial charge is 0.269 e. The number of benzene rings is 2. The molecule has 2 heterocycles. The number of rotatable bonds is 5. The number of hydrogen-bond acceptors (Lipinski definition) is 7. The number of para-hydroxylation sites is 2. The van der Waals surface area contributed by atoms with E-state index in [1.807, 2.05) is 6.07 Å². The summed E-state index contributed by atoms with van der Waals surface area (Å²) in [6.07, 6.45) is -0.818. The van der Waals surface area contributed by atoms with Crippen molar-refractivity contribution in [1.82, 2.24) is 9.97 Å². The zero-order chi connectivity index (χ0) is 22.0. The van der Waals surface area contributed by atoms with Crippen molar-refractivity contribution >= 4 is 27.6 Å². The molecule has 0 radical (unpaired) electrons. The topological polar surface area (TPSA) is 120 Å². The molecule has 1 aliphatic rings. The molecule has 3 aromatic rings. The Morgan fingerprint density at radius 1 is 1.00 bits per heavy atom. The van der Waals surface area contributed by atoms with Crippen molar-refractivity contribution in [3.8, 4) is 11.5 Å². The third kappa shape index (κ3) is 4.75. The highest BCUT2D eigenvalue weighted by molar-refractivity contribution is 7.92. The molecule has 10 heteroatoms. The van der Waals surface area contributed by atoms with Gasteiger partial charge in [-0.05, 0) is 56.3 Å². The summed E-state index contributed by atoms with van der Waals surface area (Å²) in [6.45, 7) is 3.59. The number of carbonyl (C=O) groups excluding carboxylic acids is 1. The first-order valence-electron chi connectivity index (χ1n) is 9.45. The van der Waals surface area contributed by atoms with Gasteiger partial charge in [-0.2, -0.15) is 0 Å². The minimum atomic E-state index is -3.88. The van der Waals surface area contributed by atoms with Gasteiger partial charge in [-0.3, -0.25) is 4.79 Å². The standard InChI is InChI=1S/C21H20N4O5S/c1-13-11-14(2)23-21(22-13)25-31(27,28)16-9-7-15(8-10-16)24-20(26)19-12-29-17-5-3-4-6-18(17)30-19/h3-11,19H,12H2,1-2H3,(H,24,26)(H,22,23,25)/t19-/m1/s1. The molecular formula is C21H20N4O5S. The molecule has 9 nitrogen and oxygen atoms in total. The maximum Gasteiger partial charge on any atom is 0.269 e. The largest absolute Gasteiger partial charge is 0.485 e. The number of nitrogens with one attached hydrogen (secondary N) is 2. The first-order chi connectivity index (χ1) is 14.8. The number of ether oxygens (including phenoxy) is 2. The molecule has 0 saturated carbocycles. The number of aryl methyl sites for hydroxylation is 2. The van der Waals surface area contributed by atoms with Gasteiger partial charge in [0.05, 0.1) is 4.90 Å². The average molecular weight is 440 g/mol. The lowest BCUT2D eigenvalue weighted by molar-refractivity contribution is -0.125. The van der Waals surface area contributed by atoms with E-state index in [1.165, 1.54) is 24.3 Å². The van der Waals surface area contributed by atoms with E-state index in [1.54, 1.807) is 38.1 Å². The number of nitrogens with zero attached hydrogens (tertiary/aromatic N) is 2. The molecule has 1 atom stereocenters. The molecule has 4 rings (SSSR count). The zero-order valence-corrected chi connectivity index (χ0v) is 17.6. The second-order valence-corrected chi connectivity index (χ2v) is 8.64. The number of aromatic nitrogens is 2. The highest BCUT2D eigenvalue weighted by Gasteiger charge is 2.27. The SMILES string of the molecule is Cc1cc(C)nc(NS(=O)(=O)c2ccc(NC(=O)[C@H]3COc4ccccc4O3)cc2)n1. The molecule has 0 spiro atoms. The fourth-order valence-electron chi connectivity index (χ4n) is 3.04. The zero-order valence-electron chi connectivity index (χ0n) is 16.8. The van der Waals surface area contributed by atoms with Crippen molar-refractivity contribution < 1.29 is 22.7 Å². The highest BCUT2D eigenvalue weighted by Crippen LogP contribution is 2.31. The van der Waals surface area contributed by atoms with Crippen molar-refractivity contribution in [3.63, 3.8) is 0 Å². The summed E-state index contributed by atoms with van der Waals surface area (Å²) >= 11 is 0. The predicted octanol–water partition coefficient (Wildman–Crippen LogP) is 2.67. The molecule has 0 fully saturated rings. The Bertz CT molecular complexity index is 1210. The van der Waals surface area contributed by atoms with Crippen LogP contribution in [0.25, 0.3) is 0 Å². The van der Waals surface area contributed by atoms with Gasteiger partial charge < -0.3 is 14.8 Å². The van der Waals surface area contributed by atoms with E-state index in [0.29, 0.717) is 28.6 Å². The van der Waals surface area contributed by atoms with E-state index in [-0.39, 0.29) is 17.5 Å². The summed E-state index contributed by atoms with van der Waals surface area (Å²) in [6, 6.07) is 14.6. The average Bonchev–Trinajstić information content (AvgIpc) is 2.72. The number of fused-ring (bicyclic) bond motifs is 1.